The first-order valence-corrected chi connectivity index (χ1v) is 9.57. The molecule has 9 heteroatoms. The van der Waals surface area contributed by atoms with Crippen molar-refractivity contribution in [2.24, 2.45) is 0 Å². The summed E-state index contributed by atoms with van der Waals surface area (Å²) in [6, 6.07) is 11.9. The minimum Gasteiger partial charge on any atom is -0.317 e. The first kappa shape index (κ1) is 16.2. The Morgan fingerprint density at radius 3 is 2.80 bits per heavy atom. The van der Waals surface area contributed by atoms with Crippen molar-refractivity contribution in [3.63, 3.8) is 0 Å². The van der Waals surface area contributed by atoms with Gasteiger partial charge in [-0.15, -0.1) is 33.1 Å². The van der Waals surface area contributed by atoms with Gasteiger partial charge in [-0.05, 0) is 18.6 Å². The van der Waals surface area contributed by atoms with Crippen LogP contribution in [0, 0.1) is 6.92 Å². The summed E-state index contributed by atoms with van der Waals surface area (Å²) in [5.41, 5.74) is 2.04. The molecule has 0 saturated heterocycles. The van der Waals surface area contributed by atoms with E-state index in [1.165, 1.54) is 22.7 Å². The zero-order valence-corrected chi connectivity index (χ0v) is 15.5. The van der Waals surface area contributed by atoms with Gasteiger partial charge in [0.15, 0.2) is 5.82 Å². The maximum absolute atomic E-state index is 11.5. The Morgan fingerprint density at radius 1 is 1.24 bits per heavy atom. The molecule has 0 aliphatic rings. The number of nitrogens with one attached hydrogen (secondary N) is 1. The van der Waals surface area contributed by atoms with Crippen molar-refractivity contribution in [1.82, 2.24) is 19.8 Å². The third-order valence-corrected chi connectivity index (χ3v) is 5.86. The topological polar surface area (TPSA) is 72.2 Å². The molecule has 0 radical (unpaired) electrons. The Morgan fingerprint density at radius 2 is 2.04 bits per heavy atom. The number of amides is 1. The van der Waals surface area contributed by atoms with Crippen molar-refractivity contribution in [3.05, 3.63) is 42.0 Å². The van der Waals surface area contributed by atoms with Crippen molar-refractivity contribution in [2.75, 3.05) is 11.2 Å². The SMILES string of the molecule is Cc1cc(NC(=O)CCl)sc1-c1nnc2sc(-c3ccccc3)nn12. The third kappa shape index (κ3) is 3.04. The van der Waals surface area contributed by atoms with Crippen molar-refractivity contribution >= 4 is 50.1 Å². The van der Waals surface area contributed by atoms with Crippen LogP contribution in [-0.2, 0) is 4.79 Å². The number of alkyl halides is 1. The van der Waals surface area contributed by atoms with Crippen LogP contribution in [0.3, 0.4) is 0 Å². The van der Waals surface area contributed by atoms with Crippen LogP contribution in [0.15, 0.2) is 36.4 Å². The molecule has 0 unspecified atom stereocenters. The van der Waals surface area contributed by atoms with E-state index in [1.54, 1.807) is 4.52 Å². The lowest BCUT2D eigenvalue weighted by Crippen LogP contribution is -2.11. The molecule has 4 rings (SSSR count). The molecule has 0 fully saturated rings. The summed E-state index contributed by atoms with van der Waals surface area (Å²) in [4.78, 5) is 13.1. The second-order valence-corrected chi connectivity index (χ2v) is 7.57. The summed E-state index contributed by atoms with van der Waals surface area (Å²) in [5.74, 6) is 0.358. The first-order valence-electron chi connectivity index (χ1n) is 7.40. The number of anilines is 1. The lowest BCUT2D eigenvalue weighted by Gasteiger charge is -1.97. The molecule has 25 heavy (non-hydrogen) atoms. The number of fused-ring (bicyclic) bond motifs is 1. The Balaban J connectivity index is 1.75. The molecule has 3 aromatic heterocycles. The fourth-order valence-electron chi connectivity index (χ4n) is 2.39. The zero-order valence-electron chi connectivity index (χ0n) is 13.1. The smallest absolute Gasteiger partial charge is 0.239 e. The van der Waals surface area contributed by atoms with E-state index < -0.39 is 0 Å². The normalized spacial score (nSPS) is 11.1. The number of halogens is 1. The highest BCUT2D eigenvalue weighted by molar-refractivity contribution is 7.20. The van der Waals surface area contributed by atoms with E-state index >= 15 is 0 Å². The van der Waals surface area contributed by atoms with Crippen LogP contribution in [0.25, 0.3) is 26.2 Å². The molecule has 1 amide bonds. The molecule has 4 aromatic rings. The van der Waals surface area contributed by atoms with Gasteiger partial charge in [-0.25, -0.2) is 0 Å². The molecule has 126 valence electrons. The first-order chi connectivity index (χ1) is 12.2. The molecule has 0 saturated carbocycles. The highest BCUT2D eigenvalue weighted by Gasteiger charge is 2.18. The number of carbonyl (C=O) groups is 1. The number of carbonyl (C=O) groups excluding carboxylic acids is 1. The molecule has 1 aromatic carbocycles. The van der Waals surface area contributed by atoms with Crippen molar-refractivity contribution in [1.29, 1.82) is 0 Å². The van der Waals surface area contributed by atoms with E-state index in [0.29, 0.717) is 5.82 Å². The van der Waals surface area contributed by atoms with E-state index in [4.69, 9.17) is 11.6 Å². The zero-order chi connectivity index (χ0) is 17.4. The number of thiophene rings is 1. The Labute approximate surface area is 156 Å². The fraction of sp³-hybridized carbons (Fsp3) is 0.125. The largest absolute Gasteiger partial charge is 0.317 e. The van der Waals surface area contributed by atoms with Crippen LogP contribution in [0.1, 0.15) is 5.56 Å². The van der Waals surface area contributed by atoms with Crippen LogP contribution in [0.5, 0.6) is 0 Å². The number of hydrogen-bond donors (Lipinski definition) is 1. The van der Waals surface area contributed by atoms with Gasteiger partial charge < -0.3 is 5.32 Å². The van der Waals surface area contributed by atoms with Crippen LogP contribution >= 0.6 is 34.3 Å². The molecule has 6 nitrogen and oxygen atoms in total. The Hall–Kier alpha value is -2.29. The van der Waals surface area contributed by atoms with E-state index in [9.17, 15) is 4.79 Å². The van der Waals surface area contributed by atoms with Gasteiger partial charge in [0.2, 0.25) is 10.9 Å². The molecule has 0 aliphatic heterocycles. The quantitative estimate of drug-likeness (QED) is 0.534. The van der Waals surface area contributed by atoms with Gasteiger partial charge in [0.25, 0.3) is 0 Å². The summed E-state index contributed by atoms with van der Waals surface area (Å²) in [6.07, 6.45) is 0. The molecule has 0 atom stereocenters. The lowest BCUT2D eigenvalue weighted by atomic mass is 10.2. The average Bonchev–Trinajstić information content (AvgIpc) is 3.29. The number of nitrogens with zero attached hydrogens (tertiary/aromatic N) is 4. The highest BCUT2D eigenvalue weighted by Crippen LogP contribution is 2.36. The van der Waals surface area contributed by atoms with Crippen molar-refractivity contribution in [3.8, 4) is 21.3 Å². The summed E-state index contributed by atoms with van der Waals surface area (Å²) in [7, 11) is 0. The molecule has 1 N–H and O–H groups in total. The number of aromatic nitrogens is 4. The summed E-state index contributed by atoms with van der Waals surface area (Å²) in [6.45, 7) is 1.97. The van der Waals surface area contributed by atoms with Crippen molar-refractivity contribution in [2.45, 2.75) is 6.92 Å². The van der Waals surface area contributed by atoms with E-state index in [-0.39, 0.29) is 11.8 Å². The third-order valence-electron chi connectivity index (χ3n) is 3.52. The van der Waals surface area contributed by atoms with Gasteiger partial charge in [0, 0.05) is 5.56 Å². The minimum atomic E-state index is -0.235. The van der Waals surface area contributed by atoms with Gasteiger partial charge in [0.1, 0.15) is 10.9 Å². The fourth-order valence-corrected chi connectivity index (χ4v) is 4.36. The number of rotatable bonds is 4. The minimum absolute atomic E-state index is 0.0754. The highest BCUT2D eigenvalue weighted by atomic mass is 35.5. The van der Waals surface area contributed by atoms with Crippen LogP contribution in [0.4, 0.5) is 5.00 Å². The standard InChI is InChI=1S/C16H12ClN5OS2/c1-9-7-12(18-11(23)8-17)24-13(9)14-19-20-16-22(14)21-15(25-16)10-5-3-2-4-6-10/h2-7H,8H2,1H3,(H,18,23). The maximum Gasteiger partial charge on any atom is 0.239 e. The van der Waals surface area contributed by atoms with Gasteiger partial charge >= 0.3 is 0 Å². The molecule has 0 aliphatic carbocycles. The van der Waals surface area contributed by atoms with E-state index in [2.05, 4.69) is 20.6 Å². The Bertz CT molecular complexity index is 1050. The predicted molar refractivity (Wildman–Crippen MR) is 101 cm³/mol. The molecular weight excluding hydrogens is 378 g/mol. The second kappa shape index (κ2) is 6.55. The van der Waals surface area contributed by atoms with Crippen LogP contribution in [0.2, 0.25) is 0 Å². The number of benzene rings is 1. The Kier molecular flexibility index (Phi) is 4.24. The molecule has 3 heterocycles. The monoisotopic (exact) mass is 389 g/mol. The number of aryl methyl sites for hydroxylation is 1. The summed E-state index contributed by atoms with van der Waals surface area (Å²) in [5, 5.41) is 17.5. The summed E-state index contributed by atoms with van der Waals surface area (Å²) < 4.78 is 1.75. The van der Waals surface area contributed by atoms with Gasteiger partial charge in [-0.1, -0.05) is 41.7 Å². The van der Waals surface area contributed by atoms with Gasteiger partial charge in [0.05, 0.1) is 9.88 Å². The van der Waals surface area contributed by atoms with E-state index in [1.807, 2.05) is 43.3 Å². The van der Waals surface area contributed by atoms with Crippen LogP contribution in [-0.4, -0.2) is 31.6 Å². The molecular formula is C16H12ClN5OS2. The average molecular weight is 390 g/mol. The van der Waals surface area contributed by atoms with Crippen molar-refractivity contribution < 1.29 is 4.79 Å². The van der Waals surface area contributed by atoms with E-state index in [0.717, 1.165) is 31.0 Å². The van der Waals surface area contributed by atoms with Gasteiger partial charge in [-0.3, -0.25) is 4.79 Å². The maximum atomic E-state index is 11.5. The summed E-state index contributed by atoms with van der Waals surface area (Å²) >= 11 is 8.46. The lowest BCUT2D eigenvalue weighted by molar-refractivity contribution is -0.113. The predicted octanol–water partition coefficient (Wildman–Crippen LogP) is 4.07. The second-order valence-electron chi connectivity index (χ2n) is 5.30. The van der Waals surface area contributed by atoms with Gasteiger partial charge in [-0.2, -0.15) is 9.61 Å². The molecule has 0 bridgehead atoms. The number of hydrogen-bond acceptors (Lipinski definition) is 6. The van der Waals surface area contributed by atoms with Crippen LogP contribution < -0.4 is 5.32 Å². The molecule has 0 spiro atoms.